The minimum Gasteiger partial charge on any atom is -0.482 e. The summed E-state index contributed by atoms with van der Waals surface area (Å²) in [6.07, 6.45) is 0.235. The summed E-state index contributed by atoms with van der Waals surface area (Å²) in [6, 6.07) is 16.0. The van der Waals surface area contributed by atoms with E-state index in [-0.39, 0.29) is 18.9 Å². The average Bonchev–Trinajstić information content (AvgIpc) is 2.57. The number of hydrogen-bond donors (Lipinski definition) is 0. The number of ether oxygens (including phenoxy) is 1. The van der Waals surface area contributed by atoms with Crippen molar-refractivity contribution in [2.45, 2.75) is 6.42 Å². The summed E-state index contributed by atoms with van der Waals surface area (Å²) in [4.78, 5) is 14.0. The molecule has 0 saturated carbocycles. The molecule has 6 heteroatoms. The third kappa shape index (κ3) is 4.88. The van der Waals surface area contributed by atoms with Crippen molar-refractivity contribution >= 4 is 34.8 Å². The highest BCUT2D eigenvalue weighted by atomic mass is 35.5. The zero-order chi connectivity index (χ0) is 16.7. The number of nitriles is 1. The highest BCUT2D eigenvalue weighted by Crippen LogP contribution is 2.27. The van der Waals surface area contributed by atoms with Crippen LogP contribution in [0, 0.1) is 11.3 Å². The Morgan fingerprint density at radius 2 is 1.91 bits per heavy atom. The lowest BCUT2D eigenvalue weighted by Gasteiger charge is -2.22. The van der Waals surface area contributed by atoms with E-state index in [1.165, 1.54) is 4.90 Å². The van der Waals surface area contributed by atoms with Crippen LogP contribution in [-0.2, 0) is 4.79 Å². The smallest absolute Gasteiger partial charge is 0.264 e. The molecule has 0 bridgehead atoms. The van der Waals surface area contributed by atoms with Crippen LogP contribution in [0.5, 0.6) is 5.75 Å². The molecular weight excluding hydrogens is 335 g/mol. The van der Waals surface area contributed by atoms with Crippen LogP contribution < -0.4 is 9.64 Å². The van der Waals surface area contributed by atoms with Crippen molar-refractivity contribution in [3.8, 4) is 11.8 Å². The molecule has 0 radical (unpaired) electrons. The van der Waals surface area contributed by atoms with Crippen LogP contribution >= 0.6 is 23.2 Å². The maximum atomic E-state index is 12.4. The minimum absolute atomic E-state index is 0.194. The summed E-state index contributed by atoms with van der Waals surface area (Å²) in [6.45, 7) is 0.104. The van der Waals surface area contributed by atoms with E-state index >= 15 is 0 Å². The number of hydrogen-bond acceptors (Lipinski definition) is 3. The van der Waals surface area contributed by atoms with Crippen LogP contribution in [0.4, 0.5) is 5.69 Å². The number of halogens is 2. The Bertz CT molecular complexity index is 714. The van der Waals surface area contributed by atoms with Crippen molar-refractivity contribution in [1.29, 1.82) is 5.26 Å². The minimum atomic E-state index is -0.262. The zero-order valence-corrected chi connectivity index (χ0v) is 13.7. The van der Waals surface area contributed by atoms with E-state index in [9.17, 15) is 4.79 Å². The van der Waals surface area contributed by atoms with Gasteiger partial charge in [0.2, 0.25) is 0 Å². The lowest BCUT2D eigenvalue weighted by Crippen LogP contribution is -2.35. The number of rotatable bonds is 6. The Morgan fingerprint density at radius 1 is 1.17 bits per heavy atom. The predicted molar refractivity (Wildman–Crippen MR) is 91.0 cm³/mol. The lowest BCUT2D eigenvalue weighted by molar-refractivity contribution is -0.120. The van der Waals surface area contributed by atoms with Crippen molar-refractivity contribution in [2.75, 3.05) is 18.1 Å². The van der Waals surface area contributed by atoms with E-state index in [1.807, 2.05) is 36.4 Å². The summed E-state index contributed by atoms with van der Waals surface area (Å²) in [5.41, 5.74) is 0.716. The largest absolute Gasteiger partial charge is 0.482 e. The third-order valence-corrected chi connectivity index (χ3v) is 3.61. The van der Waals surface area contributed by atoms with Gasteiger partial charge in [0.05, 0.1) is 17.5 Å². The number of amides is 1. The van der Waals surface area contributed by atoms with Gasteiger partial charge < -0.3 is 9.64 Å². The molecule has 0 aliphatic heterocycles. The second kappa shape index (κ2) is 8.42. The fourth-order valence-electron chi connectivity index (χ4n) is 1.97. The van der Waals surface area contributed by atoms with Gasteiger partial charge >= 0.3 is 0 Å². The summed E-state index contributed by atoms with van der Waals surface area (Å²) < 4.78 is 5.47. The van der Waals surface area contributed by atoms with Gasteiger partial charge in [-0.3, -0.25) is 4.79 Å². The molecule has 0 aliphatic carbocycles. The number of para-hydroxylation sites is 1. The highest BCUT2D eigenvalue weighted by molar-refractivity contribution is 6.34. The number of anilines is 1. The summed E-state index contributed by atoms with van der Waals surface area (Å²) in [7, 11) is 0. The second-order valence-corrected chi connectivity index (χ2v) is 5.50. The van der Waals surface area contributed by atoms with Gasteiger partial charge in [-0.25, -0.2) is 0 Å². The number of carbonyl (C=O) groups is 1. The summed E-state index contributed by atoms with van der Waals surface area (Å²) in [5.74, 6) is 0.0864. The first-order valence-electron chi connectivity index (χ1n) is 6.92. The topological polar surface area (TPSA) is 53.3 Å². The van der Waals surface area contributed by atoms with E-state index in [2.05, 4.69) is 0 Å². The molecule has 0 aromatic heterocycles. The molecule has 118 valence electrons. The molecule has 0 saturated heterocycles. The normalized spacial score (nSPS) is 9.96. The first kappa shape index (κ1) is 17.1. The molecule has 23 heavy (non-hydrogen) atoms. The van der Waals surface area contributed by atoms with E-state index in [0.717, 1.165) is 0 Å². The molecule has 0 aliphatic rings. The van der Waals surface area contributed by atoms with E-state index in [4.69, 9.17) is 33.2 Å². The van der Waals surface area contributed by atoms with Gasteiger partial charge in [0.25, 0.3) is 5.91 Å². The third-order valence-electron chi connectivity index (χ3n) is 3.06. The molecule has 0 heterocycles. The first-order chi connectivity index (χ1) is 11.1. The van der Waals surface area contributed by atoms with Crippen molar-refractivity contribution in [1.82, 2.24) is 0 Å². The van der Waals surface area contributed by atoms with E-state index in [1.54, 1.807) is 18.2 Å². The lowest BCUT2D eigenvalue weighted by atomic mass is 10.2. The Kier molecular flexibility index (Phi) is 6.28. The van der Waals surface area contributed by atoms with Crippen LogP contribution in [0.1, 0.15) is 6.42 Å². The molecule has 0 unspecified atom stereocenters. The first-order valence-corrected chi connectivity index (χ1v) is 7.67. The average molecular weight is 349 g/mol. The monoisotopic (exact) mass is 348 g/mol. The maximum Gasteiger partial charge on any atom is 0.264 e. The highest BCUT2D eigenvalue weighted by Gasteiger charge is 2.16. The molecule has 4 nitrogen and oxygen atoms in total. The number of carbonyl (C=O) groups excluding carboxylic acids is 1. The number of benzene rings is 2. The second-order valence-electron chi connectivity index (χ2n) is 4.65. The van der Waals surface area contributed by atoms with Crippen molar-refractivity contribution < 1.29 is 9.53 Å². The Morgan fingerprint density at radius 3 is 2.61 bits per heavy atom. The fourth-order valence-corrected chi connectivity index (χ4v) is 2.31. The quantitative estimate of drug-likeness (QED) is 0.780. The number of nitrogens with zero attached hydrogens (tertiary/aromatic N) is 2. The Labute approximate surface area is 144 Å². The predicted octanol–water partition coefficient (Wildman–Crippen LogP) is 4.32. The van der Waals surface area contributed by atoms with Crippen LogP contribution in [0.3, 0.4) is 0 Å². The van der Waals surface area contributed by atoms with Crippen LogP contribution in [0.15, 0.2) is 48.5 Å². The SMILES string of the molecule is N#CCCN(C(=O)COc1cc(Cl)ccc1Cl)c1ccccc1. The molecule has 0 atom stereocenters. The van der Waals surface area contributed by atoms with Gasteiger partial charge in [-0.1, -0.05) is 41.4 Å². The van der Waals surface area contributed by atoms with Gasteiger partial charge in [-0.15, -0.1) is 0 Å². The van der Waals surface area contributed by atoms with Crippen molar-refractivity contribution in [3.05, 3.63) is 58.6 Å². The fraction of sp³-hybridized carbons (Fsp3) is 0.176. The van der Waals surface area contributed by atoms with Gasteiger partial charge in [-0.2, -0.15) is 5.26 Å². The summed E-state index contributed by atoms with van der Waals surface area (Å²) >= 11 is 11.9. The molecule has 0 spiro atoms. The van der Waals surface area contributed by atoms with E-state index < -0.39 is 0 Å². The van der Waals surface area contributed by atoms with Crippen LogP contribution in [-0.4, -0.2) is 19.1 Å². The van der Waals surface area contributed by atoms with Gasteiger partial charge in [0.1, 0.15) is 5.75 Å². The van der Waals surface area contributed by atoms with Crippen LogP contribution in [0.25, 0.3) is 0 Å². The summed E-state index contributed by atoms with van der Waals surface area (Å²) in [5, 5.41) is 9.62. The Balaban J connectivity index is 2.09. The molecule has 2 rings (SSSR count). The van der Waals surface area contributed by atoms with Gasteiger partial charge in [0.15, 0.2) is 6.61 Å². The molecule has 0 N–H and O–H groups in total. The van der Waals surface area contributed by atoms with E-state index in [0.29, 0.717) is 28.0 Å². The van der Waals surface area contributed by atoms with Crippen molar-refractivity contribution in [2.24, 2.45) is 0 Å². The molecule has 2 aromatic carbocycles. The Hall–Kier alpha value is -2.22. The molecule has 2 aromatic rings. The maximum absolute atomic E-state index is 12.4. The van der Waals surface area contributed by atoms with Gasteiger partial charge in [0, 0.05) is 23.3 Å². The van der Waals surface area contributed by atoms with Crippen molar-refractivity contribution in [3.63, 3.8) is 0 Å². The molecule has 1 amide bonds. The van der Waals surface area contributed by atoms with Gasteiger partial charge in [-0.05, 0) is 24.3 Å². The van der Waals surface area contributed by atoms with Crippen LogP contribution in [0.2, 0.25) is 10.0 Å². The molecule has 0 fully saturated rings. The standard InChI is InChI=1S/C17H14Cl2N2O2/c18-13-7-8-15(19)16(11-13)23-12-17(22)21(10-4-9-20)14-5-2-1-3-6-14/h1-3,5-8,11H,4,10,12H2. The zero-order valence-electron chi connectivity index (χ0n) is 12.2. The molecular formula is C17H14Cl2N2O2.